The first-order valence-corrected chi connectivity index (χ1v) is 5.19. The monoisotopic (exact) mass is 242 g/mol. The van der Waals surface area contributed by atoms with Crippen LogP contribution >= 0.6 is 0 Å². The van der Waals surface area contributed by atoms with Crippen molar-refractivity contribution < 1.29 is 40.2 Å². The third kappa shape index (κ3) is 4.32. The van der Waals surface area contributed by atoms with Crippen molar-refractivity contribution in [3.8, 4) is 0 Å². The number of quaternary nitrogens is 2. The molecule has 0 spiro atoms. The highest BCUT2D eigenvalue weighted by Crippen LogP contribution is 2.02. The van der Waals surface area contributed by atoms with Crippen LogP contribution in [0.5, 0.6) is 0 Å². The zero-order valence-electron chi connectivity index (χ0n) is 8.42. The van der Waals surface area contributed by atoms with Crippen LogP contribution < -0.4 is 35.4 Å². The molecule has 0 aromatic carbocycles. The fourth-order valence-electron chi connectivity index (χ4n) is 2.25. The number of hydrogen-bond acceptors (Lipinski definition) is 1. The molecule has 2 saturated heterocycles. The summed E-state index contributed by atoms with van der Waals surface area (Å²) in [6.07, 6.45) is 3.92. The summed E-state index contributed by atoms with van der Waals surface area (Å²) in [4.78, 5) is 0. The van der Waals surface area contributed by atoms with Gasteiger partial charge in [0.15, 0.2) is 0 Å². The SMILES string of the molecule is C1CC([NH2+]C2CCOCC2)C[NH2+]1.[Cl-].[Cl-]. The van der Waals surface area contributed by atoms with E-state index in [4.69, 9.17) is 4.74 Å². The molecular formula is C9H20Cl2N2O. The molecule has 2 aliphatic heterocycles. The van der Waals surface area contributed by atoms with Gasteiger partial charge in [-0.25, -0.2) is 0 Å². The van der Waals surface area contributed by atoms with Crippen molar-refractivity contribution in [1.82, 2.24) is 0 Å². The van der Waals surface area contributed by atoms with Gasteiger partial charge >= 0.3 is 0 Å². The third-order valence-electron chi connectivity index (χ3n) is 3.02. The summed E-state index contributed by atoms with van der Waals surface area (Å²) in [5.41, 5.74) is 0. The lowest BCUT2D eigenvalue weighted by Crippen LogP contribution is -3.00. The number of halogens is 2. The van der Waals surface area contributed by atoms with Crippen LogP contribution in [0.15, 0.2) is 0 Å². The van der Waals surface area contributed by atoms with Crippen LogP contribution in [-0.2, 0) is 4.74 Å². The van der Waals surface area contributed by atoms with E-state index in [-0.39, 0.29) is 24.8 Å². The predicted octanol–water partition coefficient (Wildman–Crippen LogP) is -7.93. The van der Waals surface area contributed by atoms with Crippen molar-refractivity contribution in [2.75, 3.05) is 26.3 Å². The predicted molar refractivity (Wildman–Crippen MR) is 45.8 cm³/mol. The smallest absolute Gasteiger partial charge is 0.141 e. The Bertz CT molecular complexity index is 137. The molecule has 2 aliphatic rings. The molecule has 2 heterocycles. The van der Waals surface area contributed by atoms with Gasteiger partial charge in [0, 0.05) is 12.8 Å². The molecule has 86 valence electrons. The number of ether oxygens (including phenoxy) is 1. The largest absolute Gasteiger partial charge is 1.00 e. The van der Waals surface area contributed by atoms with E-state index in [0.717, 1.165) is 25.3 Å². The van der Waals surface area contributed by atoms with Gasteiger partial charge in [-0.15, -0.1) is 0 Å². The quantitative estimate of drug-likeness (QED) is 0.497. The van der Waals surface area contributed by atoms with Crippen LogP contribution in [0.4, 0.5) is 0 Å². The lowest BCUT2D eigenvalue weighted by atomic mass is 10.1. The van der Waals surface area contributed by atoms with Crippen LogP contribution in [0.1, 0.15) is 19.3 Å². The van der Waals surface area contributed by atoms with Crippen LogP contribution in [0.3, 0.4) is 0 Å². The minimum atomic E-state index is 0. The van der Waals surface area contributed by atoms with E-state index in [1.807, 2.05) is 0 Å². The van der Waals surface area contributed by atoms with Crippen LogP contribution in [-0.4, -0.2) is 38.4 Å². The summed E-state index contributed by atoms with van der Waals surface area (Å²) in [5, 5.41) is 5.02. The van der Waals surface area contributed by atoms with Gasteiger partial charge in [0.1, 0.15) is 12.6 Å². The number of nitrogens with two attached hydrogens (primary N) is 2. The number of hydrogen-bond donors (Lipinski definition) is 2. The zero-order chi connectivity index (χ0) is 8.23. The minimum absolute atomic E-state index is 0. The molecule has 5 heteroatoms. The Hall–Kier alpha value is 0.460. The van der Waals surface area contributed by atoms with Crippen molar-refractivity contribution in [2.24, 2.45) is 0 Å². The molecular weight excluding hydrogens is 223 g/mol. The number of rotatable bonds is 2. The Morgan fingerprint density at radius 1 is 1.00 bits per heavy atom. The average molecular weight is 243 g/mol. The van der Waals surface area contributed by atoms with Gasteiger partial charge in [-0.1, -0.05) is 0 Å². The summed E-state index contributed by atoms with van der Waals surface area (Å²) in [5.74, 6) is 0. The minimum Gasteiger partial charge on any atom is -1.00 e. The summed E-state index contributed by atoms with van der Waals surface area (Å²) in [6.45, 7) is 4.64. The van der Waals surface area contributed by atoms with Gasteiger partial charge in [-0.3, -0.25) is 0 Å². The van der Waals surface area contributed by atoms with Gasteiger partial charge in [0.2, 0.25) is 0 Å². The van der Waals surface area contributed by atoms with Crippen molar-refractivity contribution in [3.63, 3.8) is 0 Å². The maximum atomic E-state index is 5.34. The molecule has 2 fully saturated rings. The lowest BCUT2D eigenvalue weighted by Gasteiger charge is -2.22. The Balaban J connectivity index is 0.000000845. The molecule has 4 N–H and O–H groups in total. The van der Waals surface area contributed by atoms with Gasteiger partial charge in [0.25, 0.3) is 0 Å². The molecule has 1 unspecified atom stereocenters. The van der Waals surface area contributed by atoms with Crippen molar-refractivity contribution in [1.29, 1.82) is 0 Å². The first-order valence-electron chi connectivity index (χ1n) is 5.19. The lowest BCUT2D eigenvalue weighted by molar-refractivity contribution is -0.744. The first-order chi connectivity index (χ1) is 5.95. The summed E-state index contributed by atoms with van der Waals surface area (Å²) < 4.78 is 5.34. The topological polar surface area (TPSA) is 42.5 Å². The van der Waals surface area contributed by atoms with Gasteiger partial charge in [-0.2, -0.15) is 0 Å². The Morgan fingerprint density at radius 3 is 2.29 bits per heavy atom. The van der Waals surface area contributed by atoms with Crippen LogP contribution in [0, 0.1) is 0 Å². The second kappa shape index (κ2) is 7.71. The van der Waals surface area contributed by atoms with E-state index in [9.17, 15) is 0 Å². The van der Waals surface area contributed by atoms with E-state index < -0.39 is 0 Å². The van der Waals surface area contributed by atoms with Crippen molar-refractivity contribution >= 4 is 0 Å². The van der Waals surface area contributed by atoms with Gasteiger partial charge in [0.05, 0.1) is 32.2 Å². The normalized spacial score (nSPS) is 27.9. The van der Waals surface area contributed by atoms with E-state index in [2.05, 4.69) is 10.6 Å². The molecule has 14 heavy (non-hydrogen) atoms. The Morgan fingerprint density at radius 2 is 1.71 bits per heavy atom. The zero-order valence-corrected chi connectivity index (χ0v) is 9.94. The van der Waals surface area contributed by atoms with Crippen molar-refractivity contribution in [3.05, 3.63) is 0 Å². The molecule has 0 aromatic rings. The van der Waals surface area contributed by atoms with Gasteiger partial charge < -0.3 is 40.2 Å². The van der Waals surface area contributed by atoms with E-state index in [1.165, 1.54) is 32.4 Å². The molecule has 0 radical (unpaired) electrons. The molecule has 1 atom stereocenters. The Labute approximate surface area is 98.2 Å². The molecule has 0 saturated carbocycles. The Kier molecular flexibility index (Phi) is 7.97. The second-order valence-electron chi connectivity index (χ2n) is 4.00. The molecule has 0 amide bonds. The fourth-order valence-corrected chi connectivity index (χ4v) is 2.25. The average Bonchev–Trinajstić information content (AvgIpc) is 2.59. The summed E-state index contributed by atoms with van der Waals surface area (Å²) >= 11 is 0. The standard InChI is InChI=1S/C9H18N2O.2ClH/c1-4-10-7-9(1)11-8-2-5-12-6-3-8;;/h8-11H,1-7H2;2*1H. The molecule has 0 bridgehead atoms. The second-order valence-corrected chi connectivity index (χ2v) is 4.00. The highest BCUT2D eigenvalue weighted by molar-refractivity contribution is 4.62. The molecule has 2 rings (SSSR count). The summed E-state index contributed by atoms with van der Waals surface area (Å²) in [6, 6.07) is 1.75. The molecule has 3 nitrogen and oxygen atoms in total. The summed E-state index contributed by atoms with van der Waals surface area (Å²) in [7, 11) is 0. The van der Waals surface area contributed by atoms with Crippen molar-refractivity contribution in [2.45, 2.75) is 31.3 Å². The van der Waals surface area contributed by atoms with Gasteiger partial charge in [-0.05, 0) is 0 Å². The van der Waals surface area contributed by atoms with E-state index in [0.29, 0.717) is 0 Å². The maximum Gasteiger partial charge on any atom is 0.141 e. The highest BCUT2D eigenvalue weighted by atomic mass is 35.5. The van der Waals surface area contributed by atoms with E-state index >= 15 is 0 Å². The highest BCUT2D eigenvalue weighted by Gasteiger charge is 2.26. The van der Waals surface area contributed by atoms with E-state index in [1.54, 1.807) is 0 Å². The molecule has 0 aromatic heterocycles. The van der Waals surface area contributed by atoms with Crippen LogP contribution in [0.2, 0.25) is 0 Å². The first kappa shape index (κ1) is 14.5. The fraction of sp³-hybridized carbons (Fsp3) is 1.00. The maximum absolute atomic E-state index is 5.34. The third-order valence-corrected chi connectivity index (χ3v) is 3.02. The van der Waals surface area contributed by atoms with Crippen LogP contribution in [0.25, 0.3) is 0 Å². The molecule has 0 aliphatic carbocycles.